The monoisotopic (exact) mass is 545 g/mol. The van der Waals surface area contributed by atoms with Crippen LogP contribution >= 0.6 is 23.1 Å². The Bertz CT molecular complexity index is 1090. The van der Waals surface area contributed by atoms with Gasteiger partial charge in [-0.15, -0.1) is 11.3 Å². The molecular weight excluding hydrogens is 498 g/mol. The van der Waals surface area contributed by atoms with Gasteiger partial charge in [0.05, 0.1) is 11.1 Å². The van der Waals surface area contributed by atoms with Crippen molar-refractivity contribution in [2.45, 2.75) is 84.7 Å². The van der Waals surface area contributed by atoms with Gasteiger partial charge in [0.2, 0.25) is 0 Å². The maximum absolute atomic E-state index is 12.2. The minimum atomic E-state index is -0.386. The van der Waals surface area contributed by atoms with Crippen molar-refractivity contribution in [1.29, 1.82) is 0 Å². The van der Waals surface area contributed by atoms with E-state index in [0.29, 0.717) is 11.5 Å². The van der Waals surface area contributed by atoms with Crippen LogP contribution < -0.4 is 11.1 Å². The largest absolute Gasteiger partial charge is 0.385 e. The Morgan fingerprint density at radius 1 is 1.16 bits per heavy atom. The number of methoxy groups -OCH3 is 1. The SMILES string of the molecule is CCCC(CCC)c1c[nH]c2c(C(N)=O)cc(-c3csc(CNC(C)(C)C)c3)cc12.COCCCSC. The van der Waals surface area contributed by atoms with Crippen molar-refractivity contribution in [2.75, 3.05) is 25.7 Å². The fourth-order valence-corrected chi connectivity index (χ4v) is 5.67. The fourth-order valence-electron chi connectivity index (χ4n) is 4.43. The van der Waals surface area contributed by atoms with Gasteiger partial charge in [0, 0.05) is 42.3 Å². The predicted octanol–water partition coefficient (Wildman–Crippen LogP) is 7.95. The summed E-state index contributed by atoms with van der Waals surface area (Å²) in [5.74, 6) is 1.33. The van der Waals surface area contributed by atoms with E-state index in [2.05, 4.69) is 74.9 Å². The molecule has 37 heavy (non-hydrogen) atoms. The molecule has 0 bridgehead atoms. The zero-order chi connectivity index (χ0) is 27.4. The molecule has 0 unspecified atom stereocenters. The lowest BCUT2D eigenvalue weighted by molar-refractivity contribution is 0.100. The van der Waals surface area contributed by atoms with Crippen molar-refractivity contribution in [2.24, 2.45) is 5.73 Å². The summed E-state index contributed by atoms with van der Waals surface area (Å²) in [6.45, 7) is 12.7. The number of carbonyl (C=O) groups excluding carboxylic acids is 1. The van der Waals surface area contributed by atoms with E-state index in [1.54, 1.807) is 18.4 Å². The van der Waals surface area contributed by atoms with E-state index >= 15 is 0 Å². The molecule has 0 saturated heterocycles. The number of hydrogen-bond acceptors (Lipinski definition) is 5. The fraction of sp³-hybridized carbons (Fsp3) is 0.567. The van der Waals surface area contributed by atoms with Crippen molar-refractivity contribution in [3.8, 4) is 11.1 Å². The second-order valence-corrected chi connectivity index (χ2v) is 12.6. The highest BCUT2D eigenvalue weighted by atomic mass is 32.2. The van der Waals surface area contributed by atoms with Crippen LogP contribution in [0.1, 0.15) is 93.4 Å². The minimum absolute atomic E-state index is 0.0792. The normalized spacial score (nSPS) is 11.7. The number of thiophene rings is 1. The third-order valence-electron chi connectivity index (χ3n) is 6.28. The lowest BCUT2D eigenvalue weighted by Gasteiger charge is -2.19. The average molecular weight is 546 g/mol. The van der Waals surface area contributed by atoms with Gasteiger partial charge in [-0.2, -0.15) is 11.8 Å². The number of ether oxygens (including phenoxy) is 1. The van der Waals surface area contributed by atoms with Gasteiger partial charge < -0.3 is 20.8 Å². The molecular formula is C30H47N3O2S2. The summed E-state index contributed by atoms with van der Waals surface area (Å²) in [4.78, 5) is 16.9. The van der Waals surface area contributed by atoms with E-state index in [9.17, 15) is 4.79 Å². The molecule has 206 valence electrons. The van der Waals surface area contributed by atoms with E-state index in [0.717, 1.165) is 60.9 Å². The minimum Gasteiger partial charge on any atom is -0.385 e. The van der Waals surface area contributed by atoms with Crippen LogP contribution in [0.2, 0.25) is 0 Å². The number of H-pyrrole nitrogens is 1. The van der Waals surface area contributed by atoms with Crippen molar-refractivity contribution in [3.05, 3.63) is 45.8 Å². The zero-order valence-corrected chi connectivity index (χ0v) is 25.5. The van der Waals surface area contributed by atoms with Crippen LogP contribution in [0.5, 0.6) is 0 Å². The van der Waals surface area contributed by atoms with Crippen molar-refractivity contribution in [1.82, 2.24) is 10.3 Å². The zero-order valence-electron chi connectivity index (χ0n) is 23.8. The highest BCUT2D eigenvalue weighted by molar-refractivity contribution is 7.98. The Balaban J connectivity index is 0.000000604. The first-order valence-electron chi connectivity index (χ1n) is 13.4. The highest BCUT2D eigenvalue weighted by Gasteiger charge is 2.19. The molecule has 0 aliphatic rings. The Morgan fingerprint density at radius 2 is 1.86 bits per heavy atom. The number of nitrogens with one attached hydrogen (secondary N) is 2. The lowest BCUT2D eigenvalue weighted by atomic mass is 9.89. The number of thioether (sulfide) groups is 1. The molecule has 3 aromatic rings. The van der Waals surface area contributed by atoms with Gasteiger partial charge in [-0.1, -0.05) is 26.7 Å². The molecule has 1 amide bonds. The van der Waals surface area contributed by atoms with Crippen LogP contribution in [-0.2, 0) is 11.3 Å². The Labute approximate surface area is 232 Å². The molecule has 0 spiro atoms. The maximum atomic E-state index is 12.2. The smallest absolute Gasteiger partial charge is 0.250 e. The first-order chi connectivity index (χ1) is 17.6. The molecule has 5 nitrogen and oxygen atoms in total. The molecule has 2 aromatic heterocycles. The third kappa shape index (κ3) is 9.78. The average Bonchev–Trinajstić information content (AvgIpc) is 3.49. The predicted molar refractivity (Wildman–Crippen MR) is 164 cm³/mol. The van der Waals surface area contributed by atoms with Crippen molar-refractivity contribution in [3.63, 3.8) is 0 Å². The number of nitrogens with two attached hydrogens (primary N) is 1. The standard InChI is InChI=1S/C25H35N3OS.C5H12OS/c1-6-8-16(9-7-2)22-14-27-23-20(22)11-17(12-21(23)24(26)29)18-10-19(30-15-18)13-28-25(3,4)5;1-6-4-3-5-7-2/h10-12,14-16,27-28H,6-9,13H2,1-5H3,(H2,26,29);3-5H2,1-2H3. The van der Waals surface area contributed by atoms with E-state index in [4.69, 9.17) is 10.5 Å². The topological polar surface area (TPSA) is 80.1 Å². The Morgan fingerprint density at radius 3 is 2.43 bits per heavy atom. The number of carbonyl (C=O) groups is 1. The molecule has 1 aromatic carbocycles. The second kappa shape index (κ2) is 15.6. The van der Waals surface area contributed by atoms with Gasteiger partial charge in [-0.25, -0.2) is 0 Å². The number of benzene rings is 1. The number of amides is 1. The van der Waals surface area contributed by atoms with Gasteiger partial charge in [0.25, 0.3) is 5.91 Å². The number of primary amides is 1. The van der Waals surface area contributed by atoms with Gasteiger partial charge in [-0.05, 0) is 98.2 Å². The molecule has 0 radical (unpaired) electrons. The molecule has 3 rings (SSSR count). The molecule has 0 fully saturated rings. The van der Waals surface area contributed by atoms with E-state index in [-0.39, 0.29) is 11.4 Å². The molecule has 0 atom stereocenters. The first-order valence-corrected chi connectivity index (χ1v) is 15.7. The van der Waals surface area contributed by atoms with Gasteiger partial charge in [-0.3, -0.25) is 4.79 Å². The number of aromatic amines is 1. The summed E-state index contributed by atoms with van der Waals surface area (Å²) in [5, 5.41) is 6.85. The summed E-state index contributed by atoms with van der Waals surface area (Å²) in [5.41, 5.74) is 10.8. The van der Waals surface area contributed by atoms with E-state index in [1.165, 1.54) is 22.6 Å². The molecule has 4 N–H and O–H groups in total. The van der Waals surface area contributed by atoms with E-state index in [1.807, 2.05) is 17.8 Å². The number of rotatable bonds is 13. The highest BCUT2D eigenvalue weighted by Crippen LogP contribution is 2.37. The molecule has 0 saturated carbocycles. The van der Waals surface area contributed by atoms with E-state index < -0.39 is 0 Å². The summed E-state index contributed by atoms with van der Waals surface area (Å²) in [6, 6.07) is 6.38. The summed E-state index contributed by atoms with van der Waals surface area (Å²) in [7, 11) is 1.74. The number of hydrogen-bond donors (Lipinski definition) is 3. The van der Waals surface area contributed by atoms with Crippen LogP contribution in [0.4, 0.5) is 0 Å². The Kier molecular flexibility index (Phi) is 13.2. The van der Waals surface area contributed by atoms with Crippen molar-refractivity contribution >= 4 is 39.9 Å². The van der Waals surface area contributed by atoms with Crippen LogP contribution in [-0.4, -0.2) is 42.2 Å². The number of fused-ring (bicyclic) bond motifs is 1. The lowest BCUT2D eigenvalue weighted by Crippen LogP contribution is -2.34. The Hall–Kier alpha value is -1.80. The van der Waals surface area contributed by atoms with Crippen LogP contribution in [0.25, 0.3) is 22.0 Å². The van der Waals surface area contributed by atoms with Gasteiger partial charge >= 0.3 is 0 Å². The molecule has 7 heteroatoms. The maximum Gasteiger partial charge on any atom is 0.250 e. The van der Waals surface area contributed by atoms with Crippen LogP contribution in [0, 0.1) is 0 Å². The van der Waals surface area contributed by atoms with Crippen LogP contribution in [0.15, 0.2) is 29.8 Å². The molecule has 0 aliphatic heterocycles. The summed E-state index contributed by atoms with van der Waals surface area (Å²) in [6.07, 6.45) is 9.97. The number of aromatic nitrogens is 1. The van der Waals surface area contributed by atoms with Gasteiger partial charge in [0.15, 0.2) is 0 Å². The molecule has 0 aliphatic carbocycles. The summed E-state index contributed by atoms with van der Waals surface area (Å²) >= 11 is 3.61. The third-order valence-corrected chi connectivity index (χ3v) is 7.91. The van der Waals surface area contributed by atoms with Crippen molar-refractivity contribution < 1.29 is 9.53 Å². The second-order valence-electron chi connectivity index (χ2n) is 10.6. The first kappa shape index (κ1) is 31.4. The van der Waals surface area contributed by atoms with Gasteiger partial charge in [0.1, 0.15) is 0 Å². The quantitative estimate of drug-likeness (QED) is 0.190. The summed E-state index contributed by atoms with van der Waals surface area (Å²) < 4.78 is 4.83. The molecule has 2 heterocycles. The van der Waals surface area contributed by atoms with Crippen LogP contribution in [0.3, 0.4) is 0 Å².